The van der Waals surface area contributed by atoms with Crippen LogP contribution in [0.15, 0.2) is 48.5 Å². The van der Waals surface area contributed by atoms with Gasteiger partial charge in [-0.2, -0.15) is 0 Å². The predicted molar refractivity (Wildman–Crippen MR) is 111 cm³/mol. The average molecular weight is 397 g/mol. The summed E-state index contributed by atoms with van der Waals surface area (Å²) < 4.78 is 10.4. The van der Waals surface area contributed by atoms with Crippen molar-refractivity contribution in [1.29, 1.82) is 0 Å². The maximum absolute atomic E-state index is 12.5. The maximum Gasteiger partial charge on any atom is 0.253 e. The van der Waals surface area contributed by atoms with E-state index in [4.69, 9.17) is 9.47 Å². The standard InChI is InChI=1S/C22H27N3O4/c1-28-19-9-8-18(16-20(19)29-2)21(26)23-10-11-24-12-14-25(15-13-24)22(27)17-6-4-3-5-7-17/h3-9,16H,10-15H2,1-2H3,(H,23,26). The summed E-state index contributed by atoms with van der Waals surface area (Å²) in [5.41, 5.74) is 1.25. The van der Waals surface area contributed by atoms with Gasteiger partial charge in [-0.1, -0.05) is 18.2 Å². The number of rotatable bonds is 7. The Morgan fingerprint density at radius 1 is 0.897 bits per heavy atom. The molecule has 29 heavy (non-hydrogen) atoms. The van der Waals surface area contributed by atoms with E-state index in [2.05, 4.69) is 10.2 Å². The van der Waals surface area contributed by atoms with Gasteiger partial charge < -0.3 is 19.7 Å². The van der Waals surface area contributed by atoms with Crippen molar-refractivity contribution in [2.45, 2.75) is 0 Å². The lowest BCUT2D eigenvalue weighted by molar-refractivity contribution is 0.0638. The number of piperazine rings is 1. The number of carbonyl (C=O) groups excluding carboxylic acids is 2. The number of methoxy groups -OCH3 is 2. The molecule has 0 bridgehead atoms. The summed E-state index contributed by atoms with van der Waals surface area (Å²) in [5.74, 6) is 1.04. The lowest BCUT2D eigenvalue weighted by atomic mass is 10.2. The normalized spacial score (nSPS) is 14.3. The Morgan fingerprint density at radius 3 is 2.24 bits per heavy atom. The highest BCUT2D eigenvalue weighted by molar-refractivity contribution is 5.95. The van der Waals surface area contributed by atoms with Crippen molar-refractivity contribution in [3.8, 4) is 11.5 Å². The molecule has 3 rings (SSSR count). The second-order valence-corrected chi connectivity index (χ2v) is 6.83. The van der Waals surface area contributed by atoms with Gasteiger partial charge in [0.2, 0.25) is 0 Å². The molecule has 1 saturated heterocycles. The zero-order valence-electron chi connectivity index (χ0n) is 16.9. The SMILES string of the molecule is COc1ccc(C(=O)NCCN2CCN(C(=O)c3ccccc3)CC2)cc1OC. The van der Waals surface area contributed by atoms with Crippen molar-refractivity contribution in [2.24, 2.45) is 0 Å². The summed E-state index contributed by atoms with van der Waals surface area (Å²) in [4.78, 5) is 29.0. The number of nitrogens with one attached hydrogen (secondary N) is 1. The largest absolute Gasteiger partial charge is 0.493 e. The maximum atomic E-state index is 12.5. The molecule has 1 N–H and O–H groups in total. The number of nitrogens with zero attached hydrogens (tertiary/aromatic N) is 2. The van der Waals surface area contributed by atoms with E-state index in [0.717, 1.165) is 25.2 Å². The lowest BCUT2D eigenvalue weighted by Gasteiger charge is -2.34. The fourth-order valence-corrected chi connectivity index (χ4v) is 3.34. The van der Waals surface area contributed by atoms with Gasteiger partial charge in [0.1, 0.15) is 0 Å². The van der Waals surface area contributed by atoms with E-state index >= 15 is 0 Å². The van der Waals surface area contributed by atoms with Crippen LogP contribution in [0, 0.1) is 0 Å². The van der Waals surface area contributed by atoms with Crippen LogP contribution < -0.4 is 14.8 Å². The molecule has 2 aromatic carbocycles. The molecule has 0 atom stereocenters. The smallest absolute Gasteiger partial charge is 0.253 e. The Balaban J connectivity index is 1.43. The summed E-state index contributed by atoms with van der Waals surface area (Å²) >= 11 is 0. The molecule has 2 aromatic rings. The van der Waals surface area contributed by atoms with Crippen LogP contribution in [0.4, 0.5) is 0 Å². The highest BCUT2D eigenvalue weighted by Crippen LogP contribution is 2.27. The van der Waals surface area contributed by atoms with Crippen LogP contribution in [-0.4, -0.2) is 75.1 Å². The molecule has 154 valence electrons. The van der Waals surface area contributed by atoms with Crippen molar-refractivity contribution in [1.82, 2.24) is 15.1 Å². The molecule has 1 heterocycles. The van der Waals surface area contributed by atoms with Crippen LogP contribution in [0.2, 0.25) is 0 Å². The Labute approximate surface area is 171 Å². The third-order valence-electron chi connectivity index (χ3n) is 5.04. The number of carbonyl (C=O) groups is 2. The van der Waals surface area contributed by atoms with Gasteiger partial charge in [-0.15, -0.1) is 0 Å². The van der Waals surface area contributed by atoms with E-state index in [1.807, 2.05) is 35.2 Å². The van der Waals surface area contributed by atoms with Crippen LogP contribution >= 0.6 is 0 Å². The van der Waals surface area contributed by atoms with Crippen LogP contribution in [0.25, 0.3) is 0 Å². The molecule has 0 saturated carbocycles. The van der Waals surface area contributed by atoms with E-state index in [1.54, 1.807) is 32.4 Å². The lowest BCUT2D eigenvalue weighted by Crippen LogP contribution is -2.50. The molecular formula is C22H27N3O4. The second-order valence-electron chi connectivity index (χ2n) is 6.83. The highest BCUT2D eigenvalue weighted by atomic mass is 16.5. The first-order valence-corrected chi connectivity index (χ1v) is 9.69. The molecule has 0 aliphatic carbocycles. The summed E-state index contributed by atoms with van der Waals surface area (Å²) in [6.07, 6.45) is 0. The average Bonchev–Trinajstić information content (AvgIpc) is 2.79. The van der Waals surface area contributed by atoms with Gasteiger partial charge in [-0.05, 0) is 30.3 Å². The van der Waals surface area contributed by atoms with E-state index < -0.39 is 0 Å². The number of hydrogen-bond donors (Lipinski definition) is 1. The van der Waals surface area contributed by atoms with Crippen LogP contribution in [0.5, 0.6) is 11.5 Å². The molecule has 7 heteroatoms. The van der Waals surface area contributed by atoms with E-state index in [9.17, 15) is 9.59 Å². The van der Waals surface area contributed by atoms with Crippen LogP contribution in [-0.2, 0) is 0 Å². The fourth-order valence-electron chi connectivity index (χ4n) is 3.34. The summed E-state index contributed by atoms with van der Waals surface area (Å²) in [6.45, 7) is 4.26. The predicted octanol–water partition coefficient (Wildman–Crippen LogP) is 1.89. The third-order valence-corrected chi connectivity index (χ3v) is 5.04. The van der Waals surface area contributed by atoms with Gasteiger partial charge in [-0.3, -0.25) is 14.5 Å². The Morgan fingerprint density at radius 2 is 1.59 bits per heavy atom. The Bertz CT molecular complexity index is 833. The van der Waals surface area contributed by atoms with Crippen molar-refractivity contribution >= 4 is 11.8 Å². The number of amides is 2. The first-order chi connectivity index (χ1) is 14.1. The minimum absolute atomic E-state index is 0.0759. The quantitative estimate of drug-likeness (QED) is 0.773. The van der Waals surface area contributed by atoms with Gasteiger partial charge in [0.15, 0.2) is 11.5 Å². The van der Waals surface area contributed by atoms with Crippen LogP contribution in [0.1, 0.15) is 20.7 Å². The Kier molecular flexibility index (Phi) is 7.08. The second kappa shape index (κ2) is 9.93. The number of ether oxygens (including phenoxy) is 2. The van der Waals surface area contributed by atoms with Crippen molar-refractivity contribution in [3.63, 3.8) is 0 Å². The monoisotopic (exact) mass is 397 g/mol. The van der Waals surface area contributed by atoms with E-state index in [0.29, 0.717) is 36.7 Å². The molecule has 0 spiro atoms. The summed E-state index contributed by atoms with van der Waals surface area (Å²) in [6, 6.07) is 14.5. The van der Waals surface area contributed by atoms with Gasteiger partial charge >= 0.3 is 0 Å². The zero-order chi connectivity index (χ0) is 20.6. The molecule has 2 amide bonds. The first-order valence-electron chi connectivity index (χ1n) is 9.69. The third kappa shape index (κ3) is 5.26. The number of benzene rings is 2. The Hall–Kier alpha value is -3.06. The molecule has 0 unspecified atom stereocenters. The minimum atomic E-state index is -0.149. The van der Waals surface area contributed by atoms with Crippen molar-refractivity contribution < 1.29 is 19.1 Å². The number of hydrogen-bond acceptors (Lipinski definition) is 5. The molecular weight excluding hydrogens is 370 g/mol. The van der Waals surface area contributed by atoms with Gasteiger partial charge in [-0.25, -0.2) is 0 Å². The van der Waals surface area contributed by atoms with E-state index in [-0.39, 0.29) is 11.8 Å². The van der Waals surface area contributed by atoms with Crippen LogP contribution in [0.3, 0.4) is 0 Å². The molecule has 0 radical (unpaired) electrons. The molecule has 0 aromatic heterocycles. The molecule has 7 nitrogen and oxygen atoms in total. The summed E-state index contributed by atoms with van der Waals surface area (Å²) in [7, 11) is 3.10. The van der Waals surface area contributed by atoms with Gasteiger partial charge in [0.25, 0.3) is 11.8 Å². The topological polar surface area (TPSA) is 71.1 Å². The fraction of sp³-hybridized carbons (Fsp3) is 0.364. The minimum Gasteiger partial charge on any atom is -0.493 e. The van der Waals surface area contributed by atoms with Crippen molar-refractivity contribution in [3.05, 3.63) is 59.7 Å². The van der Waals surface area contributed by atoms with Gasteiger partial charge in [0, 0.05) is 50.4 Å². The zero-order valence-corrected chi connectivity index (χ0v) is 16.9. The summed E-state index contributed by atoms with van der Waals surface area (Å²) in [5, 5.41) is 2.94. The van der Waals surface area contributed by atoms with Gasteiger partial charge in [0.05, 0.1) is 14.2 Å². The van der Waals surface area contributed by atoms with Crippen molar-refractivity contribution in [2.75, 3.05) is 53.5 Å². The molecule has 1 aliphatic rings. The molecule has 1 aliphatic heterocycles. The first kappa shape index (κ1) is 20.7. The molecule has 1 fully saturated rings. The highest BCUT2D eigenvalue weighted by Gasteiger charge is 2.21. The van der Waals surface area contributed by atoms with E-state index in [1.165, 1.54) is 0 Å².